The second kappa shape index (κ2) is 7.78. The van der Waals surface area contributed by atoms with Gasteiger partial charge in [0.25, 0.3) is 5.91 Å². The van der Waals surface area contributed by atoms with Crippen LogP contribution in [0.3, 0.4) is 0 Å². The van der Waals surface area contributed by atoms with Gasteiger partial charge in [-0.1, -0.05) is 31.5 Å². The van der Waals surface area contributed by atoms with Crippen LogP contribution in [0.5, 0.6) is 23.0 Å². The fraction of sp³-hybridized carbons (Fsp3) is 0.381. The Morgan fingerprint density at radius 3 is 2.67 bits per heavy atom. The van der Waals surface area contributed by atoms with E-state index >= 15 is 0 Å². The highest BCUT2D eigenvalue weighted by Gasteiger charge is 2.31. The number of carbonyl (C=O) groups excluding carboxylic acids is 1. The van der Waals surface area contributed by atoms with Gasteiger partial charge in [0, 0.05) is 13.1 Å². The van der Waals surface area contributed by atoms with Crippen LogP contribution in [0.4, 0.5) is 0 Å². The van der Waals surface area contributed by atoms with Crippen LogP contribution in [0, 0.1) is 0 Å². The first-order chi connectivity index (χ1) is 13.2. The molecule has 0 saturated heterocycles. The predicted octanol–water partition coefficient (Wildman–Crippen LogP) is 3.38. The Labute approximate surface area is 158 Å². The van der Waals surface area contributed by atoms with Crippen molar-refractivity contribution < 1.29 is 23.7 Å². The number of rotatable bonds is 6. The largest absolute Gasteiger partial charge is 0.485 e. The van der Waals surface area contributed by atoms with Crippen molar-refractivity contribution in [2.24, 2.45) is 0 Å². The number of para-hydroxylation sites is 2. The summed E-state index contributed by atoms with van der Waals surface area (Å²) in [6, 6.07) is 13.2. The minimum Gasteiger partial charge on any atom is -0.485 e. The highest BCUT2D eigenvalue weighted by atomic mass is 16.7. The van der Waals surface area contributed by atoms with Crippen molar-refractivity contribution in [3.63, 3.8) is 0 Å². The molecule has 0 spiro atoms. The SMILES string of the molecule is CCCCN(Cc1ccc2c(c1)OCO2)C(=O)[C@H]1COc2ccccc2O1. The summed E-state index contributed by atoms with van der Waals surface area (Å²) in [6.45, 7) is 3.74. The van der Waals surface area contributed by atoms with Crippen molar-refractivity contribution in [1.82, 2.24) is 4.90 Å². The lowest BCUT2D eigenvalue weighted by Crippen LogP contribution is -2.46. The van der Waals surface area contributed by atoms with Gasteiger partial charge in [0.1, 0.15) is 6.61 Å². The number of ether oxygens (including phenoxy) is 4. The van der Waals surface area contributed by atoms with Crippen LogP contribution >= 0.6 is 0 Å². The Kier molecular flexibility index (Phi) is 5.05. The molecule has 0 fully saturated rings. The molecule has 0 radical (unpaired) electrons. The number of amides is 1. The summed E-state index contributed by atoms with van der Waals surface area (Å²) in [5.74, 6) is 2.70. The second-order valence-corrected chi connectivity index (χ2v) is 6.67. The summed E-state index contributed by atoms with van der Waals surface area (Å²) in [5.41, 5.74) is 1.00. The van der Waals surface area contributed by atoms with E-state index in [1.807, 2.05) is 47.4 Å². The number of nitrogens with zero attached hydrogens (tertiary/aromatic N) is 1. The monoisotopic (exact) mass is 369 g/mol. The van der Waals surface area contributed by atoms with Crippen molar-refractivity contribution in [2.45, 2.75) is 32.4 Å². The molecule has 6 nitrogen and oxygen atoms in total. The van der Waals surface area contributed by atoms with Crippen LogP contribution in [0.25, 0.3) is 0 Å². The molecule has 2 aromatic rings. The van der Waals surface area contributed by atoms with E-state index in [-0.39, 0.29) is 19.3 Å². The lowest BCUT2D eigenvalue weighted by atomic mass is 10.1. The Bertz CT molecular complexity index is 822. The molecule has 2 aromatic carbocycles. The molecular formula is C21H23NO5. The fourth-order valence-corrected chi connectivity index (χ4v) is 3.22. The number of benzene rings is 2. The minimum absolute atomic E-state index is 0.0596. The molecular weight excluding hydrogens is 346 g/mol. The third-order valence-electron chi connectivity index (χ3n) is 4.69. The van der Waals surface area contributed by atoms with Gasteiger partial charge < -0.3 is 23.8 Å². The maximum atomic E-state index is 13.1. The summed E-state index contributed by atoms with van der Waals surface area (Å²) < 4.78 is 22.4. The fourth-order valence-electron chi connectivity index (χ4n) is 3.22. The van der Waals surface area contributed by atoms with Crippen molar-refractivity contribution in [1.29, 1.82) is 0 Å². The molecule has 0 bridgehead atoms. The number of hydrogen-bond acceptors (Lipinski definition) is 5. The van der Waals surface area contributed by atoms with Crippen LogP contribution in [-0.2, 0) is 11.3 Å². The Morgan fingerprint density at radius 2 is 1.81 bits per heavy atom. The molecule has 4 rings (SSSR count). The van der Waals surface area contributed by atoms with E-state index in [2.05, 4.69) is 6.92 Å². The second-order valence-electron chi connectivity index (χ2n) is 6.67. The first kappa shape index (κ1) is 17.5. The summed E-state index contributed by atoms with van der Waals surface area (Å²) >= 11 is 0. The van der Waals surface area contributed by atoms with Gasteiger partial charge in [-0.05, 0) is 36.2 Å². The molecule has 142 valence electrons. The third-order valence-corrected chi connectivity index (χ3v) is 4.69. The molecule has 0 unspecified atom stereocenters. The third kappa shape index (κ3) is 3.79. The first-order valence-electron chi connectivity index (χ1n) is 9.30. The van der Waals surface area contributed by atoms with Crippen LogP contribution in [-0.4, -0.2) is 36.9 Å². The number of fused-ring (bicyclic) bond motifs is 2. The molecule has 0 aromatic heterocycles. The van der Waals surface area contributed by atoms with E-state index in [1.165, 1.54) is 0 Å². The van der Waals surface area contributed by atoms with Crippen molar-refractivity contribution in [3.8, 4) is 23.0 Å². The van der Waals surface area contributed by atoms with Gasteiger partial charge in [-0.3, -0.25) is 4.79 Å². The molecule has 27 heavy (non-hydrogen) atoms. The van der Waals surface area contributed by atoms with Gasteiger partial charge in [-0.2, -0.15) is 0 Å². The molecule has 0 saturated carbocycles. The molecule has 2 heterocycles. The standard InChI is InChI=1S/C21H23NO5/c1-2-3-10-22(12-15-8-9-17-19(11-15)26-14-25-17)21(23)20-13-24-16-6-4-5-7-18(16)27-20/h4-9,11,20H,2-3,10,12-14H2,1H3/t20-/m1/s1. The van der Waals surface area contributed by atoms with Crippen LogP contribution in [0.2, 0.25) is 0 Å². The summed E-state index contributed by atoms with van der Waals surface area (Å²) in [6.07, 6.45) is 1.31. The molecule has 0 N–H and O–H groups in total. The van der Waals surface area contributed by atoms with Gasteiger partial charge >= 0.3 is 0 Å². The number of hydrogen-bond donors (Lipinski definition) is 0. The van der Waals surface area contributed by atoms with Crippen LogP contribution in [0.1, 0.15) is 25.3 Å². The van der Waals surface area contributed by atoms with Gasteiger partial charge in [0.2, 0.25) is 12.9 Å². The zero-order valence-corrected chi connectivity index (χ0v) is 15.3. The van der Waals surface area contributed by atoms with Crippen LogP contribution in [0.15, 0.2) is 42.5 Å². The van der Waals surface area contributed by atoms with E-state index in [4.69, 9.17) is 18.9 Å². The number of unbranched alkanes of at least 4 members (excludes halogenated alkanes) is 1. The summed E-state index contributed by atoms with van der Waals surface area (Å²) in [7, 11) is 0. The normalized spacial score (nSPS) is 16.9. The van der Waals surface area contributed by atoms with Crippen LogP contribution < -0.4 is 18.9 Å². The van der Waals surface area contributed by atoms with Crippen molar-refractivity contribution in [3.05, 3.63) is 48.0 Å². The van der Waals surface area contributed by atoms with Gasteiger partial charge in [-0.15, -0.1) is 0 Å². The van der Waals surface area contributed by atoms with Crippen molar-refractivity contribution >= 4 is 5.91 Å². The van der Waals surface area contributed by atoms with E-state index in [1.54, 1.807) is 0 Å². The minimum atomic E-state index is -0.634. The average Bonchev–Trinajstić information content (AvgIpc) is 3.18. The molecule has 2 aliphatic heterocycles. The molecule has 6 heteroatoms. The quantitative estimate of drug-likeness (QED) is 0.781. The number of carbonyl (C=O) groups is 1. The maximum absolute atomic E-state index is 13.1. The van der Waals surface area contributed by atoms with Gasteiger partial charge in [0.15, 0.2) is 23.0 Å². The van der Waals surface area contributed by atoms with Crippen molar-refractivity contribution in [2.75, 3.05) is 19.9 Å². The smallest absolute Gasteiger partial charge is 0.267 e. The van der Waals surface area contributed by atoms with Gasteiger partial charge in [-0.25, -0.2) is 0 Å². The summed E-state index contributed by atoms with van der Waals surface area (Å²) in [4.78, 5) is 15.0. The molecule has 0 aliphatic carbocycles. The van der Waals surface area contributed by atoms with Gasteiger partial charge in [0.05, 0.1) is 0 Å². The van der Waals surface area contributed by atoms with E-state index in [0.29, 0.717) is 24.6 Å². The molecule has 1 atom stereocenters. The maximum Gasteiger partial charge on any atom is 0.267 e. The molecule has 2 aliphatic rings. The Hall–Kier alpha value is -2.89. The average molecular weight is 369 g/mol. The Balaban J connectivity index is 1.49. The predicted molar refractivity (Wildman–Crippen MR) is 99.2 cm³/mol. The highest BCUT2D eigenvalue weighted by molar-refractivity contribution is 5.82. The van der Waals surface area contributed by atoms with E-state index in [9.17, 15) is 4.79 Å². The molecule has 1 amide bonds. The lowest BCUT2D eigenvalue weighted by Gasteiger charge is -2.31. The van der Waals surface area contributed by atoms with E-state index in [0.717, 1.165) is 29.9 Å². The van der Waals surface area contributed by atoms with E-state index < -0.39 is 6.10 Å². The lowest BCUT2D eigenvalue weighted by molar-refractivity contribution is -0.142. The topological polar surface area (TPSA) is 57.2 Å². The zero-order valence-electron chi connectivity index (χ0n) is 15.3. The Morgan fingerprint density at radius 1 is 1.04 bits per heavy atom. The first-order valence-corrected chi connectivity index (χ1v) is 9.30. The zero-order chi connectivity index (χ0) is 18.6. The summed E-state index contributed by atoms with van der Waals surface area (Å²) in [5, 5.41) is 0. The highest BCUT2D eigenvalue weighted by Crippen LogP contribution is 2.34.